The molecule has 1 aromatic carbocycles. The summed E-state index contributed by atoms with van der Waals surface area (Å²) in [4.78, 5) is 42.2. The third-order valence-electron chi connectivity index (χ3n) is 5.57. The number of nitrogens with one attached hydrogen (secondary N) is 2. The summed E-state index contributed by atoms with van der Waals surface area (Å²) in [6.07, 6.45) is 7.01. The van der Waals surface area contributed by atoms with Crippen LogP contribution in [-0.2, 0) is 11.3 Å². The van der Waals surface area contributed by atoms with Crippen molar-refractivity contribution in [1.29, 1.82) is 0 Å². The van der Waals surface area contributed by atoms with Gasteiger partial charge in [0.1, 0.15) is 18.2 Å². The summed E-state index contributed by atoms with van der Waals surface area (Å²) < 4.78 is 1.71. The predicted molar refractivity (Wildman–Crippen MR) is 104 cm³/mol. The van der Waals surface area contributed by atoms with Crippen molar-refractivity contribution in [2.75, 3.05) is 13.1 Å². The van der Waals surface area contributed by atoms with Crippen LogP contribution < -0.4 is 10.6 Å². The summed E-state index contributed by atoms with van der Waals surface area (Å²) in [5.41, 5.74) is 0.910. The third-order valence-corrected chi connectivity index (χ3v) is 5.57. The van der Waals surface area contributed by atoms with Gasteiger partial charge in [0.25, 0.3) is 11.8 Å². The Kier molecular flexibility index (Phi) is 5.28. The van der Waals surface area contributed by atoms with Crippen LogP contribution in [0.1, 0.15) is 48.0 Å². The van der Waals surface area contributed by atoms with Gasteiger partial charge in [-0.05, 0) is 37.0 Å². The van der Waals surface area contributed by atoms with E-state index in [2.05, 4.69) is 20.7 Å². The lowest BCUT2D eigenvalue weighted by Crippen LogP contribution is -2.44. The maximum atomic E-state index is 12.6. The van der Waals surface area contributed by atoms with Crippen LogP contribution in [0.4, 0.5) is 4.79 Å². The number of carbonyl (C=O) groups is 3. The average Bonchev–Trinajstić information content (AvgIpc) is 3.44. The number of nitrogens with zero attached hydrogens (tertiary/aromatic N) is 4. The quantitative estimate of drug-likeness (QED) is 0.542. The minimum atomic E-state index is -0.672. The smallest absolute Gasteiger partial charge is 0.325 e. The van der Waals surface area contributed by atoms with E-state index in [1.54, 1.807) is 23.1 Å². The Morgan fingerprint density at radius 1 is 1.17 bits per heavy atom. The van der Waals surface area contributed by atoms with E-state index >= 15 is 0 Å². The first-order chi connectivity index (χ1) is 14.1. The van der Waals surface area contributed by atoms with E-state index in [-0.39, 0.29) is 17.8 Å². The Bertz CT molecular complexity index is 887. The number of aromatic nitrogens is 3. The minimum absolute atomic E-state index is 0.116. The molecule has 2 heterocycles. The lowest BCUT2D eigenvalue weighted by molar-refractivity contribution is -0.131. The molecule has 2 aromatic rings. The van der Waals surface area contributed by atoms with Gasteiger partial charge in [-0.15, -0.1) is 0 Å². The molecule has 2 fully saturated rings. The van der Waals surface area contributed by atoms with Crippen LogP contribution in [0.25, 0.3) is 0 Å². The number of hydrogen-bond donors (Lipinski definition) is 2. The first-order valence-electron chi connectivity index (χ1n) is 9.91. The highest BCUT2D eigenvalue weighted by molar-refractivity contribution is 6.07. The van der Waals surface area contributed by atoms with E-state index in [1.165, 1.54) is 11.2 Å². The van der Waals surface area contributed by atoms with Gasteiger partial charge in [-0.3, -0.25) is 14.5 Å². The zero-order valence-corrected chi connectivity index (χ0v) is 16.1. The number of carbonyl (C=O) groups excluding carboxylic acids is 3. The molecule has 4 amide bonds. The largest absolute Gasteiger partial charge is 0.352 e. The monoisotopic (exact) mass is 396 g/mol. The Labute approximate surface area is 168 Å². The Morgan fingerprint density at radius 3 is 2.62 bits per heavy atom. The first-order valence-corrected chi connectivity index (χ1v) is 9.91. The van der Waals surface area contributed by atoms with Crippen LogP contribution >= 0.6 is 0 Å². The van der Waals surface area contributed by atoms with Gasteiger partial charge >= 0.3 is 6.03 Å². The summed E-state index contributed by atoms with van der Waals surface area (Å²) in [5.74, 6) is -0.295. The van der Waals surface area contributed by atoms with Crippen molar-refractivity contribution in [1.82, 2.24) is 30.3 Å². The molecule has 4 rings (SSSR count). The molecular weight excluding hydrogens is 372 g/mol. The standard InChI is InChI=1S/C20H24N6O3/c27-17(16-6-4-15(5-7-16)12-25-14-21-13-23-25)22-10-3-11-26-18(28)20(24-19(26)29)8-1-2-9-20/h4-7,13-14H,1-3,8-12H2,(H,22,27)(H,24,29). The third kappa shape index (κ3) is 3.98. The molecule has 0 bridgehead atoms. The van der Waals surface area contributed by atoms with Crippen molar-refractivity contribution in [3.8, 4) is 0 Å². The van der Waals surface area contributed by atoms with Crippen molar-refractivity contribution >= 4 is 17.8 Å². The number of benzene rings is 1. The number of rotatable bonds is 7. The molecule has 1 saturated carbocycles. The SMILES string of the molecule is O=C(NCCCN1C(=O)NC2(CCCC2)C1=O)c1ccc(Cn2cncn2)cc1. The van der Waals surface area contributed by atoms with Crippen molar-refractivity contribution in [3.63, 3.8) is 0 Å². The fourth-order valence-electron chi connectivity index (χ4n) is 4.00. The zero-order chi connectivity index (χ0) is 20.3. The van der Waals surface area contributed by atoms with Gasteiger partial charge in [0.15, 0.2) is 0 Å². The van der Waals surface area contributed by atoms with Gasteiger partial charge in [0, 0.05) is 18.7 Å². The van der Waals surface area contributed by atoms with Gasteiger partial charge in [-0.25, -0.2) is 14.5 Å². The van der Waals surface area contributed by atoms with E-state index in [0.717, 1.165) is 31.2 Å². The van der Waals surface area contributed by atoms with Gasteiger partial charge in [-0.1, -0.05) is 25.0 Å². The van der Waals surface area contributed by atoms with Gasteiger partial charge in [0.05, 0.1) is 6.54 Å². The molecule has 1 aliphatic carbocycles. The van der Waals surface area contributed by atoms with Gasteiger partial charge < -0.3 is 10.6 Å². The van der Waals surface area contributed by atoms with E-state index in [1.807, 2.05) is 12.1 Å². The number of imide groups is 1. The topological polar surface area (TPSA) is 109 Å². The second-order valence-electron chi connectivity index (χ2n) is 7.58. The highest BCUT2D eigenvalue weighted by Crippen LogP contribution is 2.34. The fourth-order valence-corrected chi connectivity index (χ4v) is 4.00. The van der Waals surface area contributed by atoms with Crippen LogP contribution in [0.2, 0.25) is 0 Å². The van der Waals surface area contributed by atoms with E-state index in [0.29, 0.717) is 31.6 Å². The van der Waals surface area contributed by atoms with Gasteiger partial charge in [0.2, 0.25) is 0 Å². The molecule has 29 heavy (non-hydrogen) atoms. The molecule has 9 nitrogen and oxygen atoms in total. The summed E-state index contributed by atoms with van der Waals surface area (Å²) in [6.45, 7) is 1.29. The Morgan fingerprint density at radius 2 is 1.93 bits per heavy atom. The highest BCUT2D eigenvalue weighted by Gasteiger charge is 2.51. The molecule has 2 aliphatic rings. The molecule has 9 heteroatoms. The molecule has 1 aromatic heterocycles. The predicted octanol–water partition coefficient (Wildman–Crippen LogP) is 1.31. The zero-order valence-electron chi connectivity index (χ0n) is 16.1. The molecule has 1 aliphatic heterocycles. The second-order valence-corrected chi connectivity index (χ2v) is 7.58. The van der Waals surface area contributed by atoms with Crippen LogP contribution in [0, 0.1) is 0 Å². The van der Waals surface area contributed by atoms with Crippen LogP contribution in [0.3, 0.4) is 0 Å². The van der Waals surface area contributed by atoms with Crippen LogP contribution in [0.5, 0.6) is 0 Å². The Hall–Kier alpha value is -3.23. The normalized spacial score (nSPS) is 17.7. The van der Waals surface area contributed by atoms with Crippen LogP contribution in [-0.4, -0.2) is 56.1 Å². The molecule has 152 valence electrons. The fraction of sp³-hybridized carbons (Fsp3) is 0.450. The summed E-state index contributed by atoms with van der Waals surface area (Å²) in [7, 11) is 0. The summed E-state index contributed by atoms with van der Waals surface area (Å²) >= 11 is 0. The maximum absolute atomic E-state index is 12.6. The molecule has 1 saturated heterocycles. The molecular formula is C20H24N6O3. The molecule has 0 unspecified atom stereocenters. The second kappa shape index (κ2) is 8.02. The van der Waals surface area contributed by atoms with E-state index in [4.69, 9.17) is 0 Å². The van der Waals surface area contributed by atoms with Crippen LogP contribution in [0.15, 0.2) is 36.9 Å². The van der Waals surface area contributed by atoms with Crippen molar-refractivity contribution < 1.29 is 14.4 Å². The average molecular weight is 396 g/mol. The van der Waals surface area contributed by atoms with Crippen molar-refractivity contribution in [2.24, 2.45) is 0 Å². The molecule has 2 N–H and O–H groups in total. The maximum Gasteiger partial charge on any atom is 0.325 e. The number of urea groups is 1. The summed E-state index contributed by atoms with van der Waals surface area (Å²) in [6, 6.07) is 6.98. The Balaban J connectivity index is 1.23. The molecule has 1 spiro atoms. The van der Waals surface area contributed by atoms with Gasteiger partial charge in [-0.2, -0.15) is 5.10 Å². The number of amides is 4. The van der Waals surface area contributed by atoms with E-state index in [9.17, 15) is 14.4 Å². The number of hydrogen-bond acceptors (Lipinski definition) is 5. The highest BCUT2D eigenvalue weighted by atomic mass is 16.2. The summed E-state index contributed by atoms with van der Waals surface area (Å²) in [5, 5.41) is 9.76. The lowest BCUT2D eigenvalue weighted by atomic mass is 9.98. The first kappa shape index (κ1) is 19.1. The lowest BCUT2D eigenvalue weighted by Gasteiger charge is -2.20. The molecule has 0 atom stereocenters. The van der Waals surface area contributed by atoms with Crippen molar-refractivity contribution in [3.05, 3.63) is 48.0 Å². The van der Waals surface area contributed by atoms with E-state index < -0.39 is 5.54 Å². The molecule has 0 radical (unpaired) electrons. The minimum Gasteiger partial charge on any atom is -0.352 e. The van der Waals surface area contributed by atoms with Crippen molar-refractivity contribution in [2.45, 2.75) is 44.2 Å².